The Labute approximate surface area is 147 Å². The molecule has 1 atom stereocenters. The van der Waals surface area contributed by atoms with Crippen molar-refractivity contribution in [1.29, 1.82) is 0 Å². The second kappa shape index (κ2) is 6.96. The molecule has 7 heteroatoms. The van der Waals surface area contributed by atoms with Crippen molar-refractivity contribution >= 4 is 23.1 Å². The SMILES string of the molecule is O=C(c1cccc(OC(F)(F)F)c1)C(Nc1ccc(Cl)cc1)C1CC1. The fourth-order valence-electron chi connectivity index (χ4n) is 2.58. The number of carbonyl (C=O) groups excluding carboxylic acids is 1. The summed E-state index contributed by atoms with van der Waals surface area (Å²) in [5.41, 5.74) is 0.914. The molecule has 0 radical (unpaired) electrons. The highest BCUT2D eigenvalue weighted by atomic mass is 35.5. The van der Waals surface area contributed by atoms with Gasteiger partial charge in [0, 0.05) is 16.3 Å². The third kappa shape index (κ3) is 4.89. The maximum atomic E-state index is 12.8. The molecule has 1 aliphatic rings. The fourth-order valence-corrected chi connectivity index (χ4v) is 2.70. The molecule has 0 amide bonds. The molecule has 0 heterocycles. The van der Waals surface area contributed by atoms with Crippen LogP contribution in [-0.2, 0) is 0 Å². The van der Waals surface area contributed by atoms with Crippen molar-refractivity contribution in [3.63, 3.8) is 0 Å². The van der Waals surface area contributed by atoms with Gasteiger partial charge < -0.3 is 10.1 Å². The first kappa shape index (κ1) is 17.6. The van der Waals surface area contributed by atoms with E-state index in [1.54, 1.807) is 24.3 Å². The van der Waals surface area contributed by atoms with Gasteiger partial charge in [-0.05, 0) is 55.2 Å². The average molecular weight is 370 g/mol. The van der Waals surface area contributed by atoms with E-state index in [0.717, 1.165) is 24.6 Å². The Morgan fingerprint density at radius 1 is 1.16 bits per heavy atom. The van der Waals surface area contributed by atoms with Crippen LogP contribution in [0.1, 0.15) is 23.2 Å². The van der Waals surface area contributed by atoms with E-state index in [4.69, 9.17) is 11.6 Å². The van der Waals surface area contributed by atoms with E-state index >= 15 is 0 Å². The summed E-state index contributed by atoms with van der Waals surface area (Å²) in [6, 6.07) is 11.6. The van der Waals surface area contributed by atoms with Gasteiger partial charge in [0.1, 0.15) is 5.75 Å². The largest absolute Gasteiger partial charge is 0.573 e. The zero-order valence-electron chi connectivity index (χ0n) is 13.0. The minimum atomic E-state index is -4.79. The Morgan fingerprint density at radius 3 is 2.44 bits per heavy atom. The van der Waals surface area contributed by atoms with Crippen molar-refractivity contribution in [2.75, 3.05) is 5.32 Å². The van der Waals surface area contributed by atoms with Crippen LogP contribution in [0, 0.1) is 5.92 Å². The monoisotopic (exact) mass is 369 g/mol. The number of anilines is 1. The highest BCUT2D eigenvalue weighted by Crippen LogP contribution is 2.36. The molecule has 132 valence electrons. The number of ketones is 1. The number of hydrogen-bond donors (Lipinski definition) is 1. The molecular weight excluding hydrogens is 355 g/mol. The van der Waals surface area contributed by atoms with E-state index < -0.39 is 18.2 Å². The van der Waals surface area contributed by atoms with Crippen molar-refractivity contribution in [3.8, 4) is 5.75 Å². The second-order valence-corrected chi connectivity index (χ2v) is 6.34. The van der Waals surface area contributed by atoms with Gasteiger partial charge in [0.05, 0.1) is 6.04 Å². The van der Waals surface area contributed by atoms with Crippen LogP contribution in [0.15, 0.2) is 48.5 Å². The summed E-state index contributed by atoms with van der Waals surface area (Å²) in [6.07, 6.45) is -3.00. The molecule has 3 rings (SSSR count). The first-order valence-corrected chi connectivity index (χ1v) is 8.12. The van der Waals surface area contributed by atoms with Gasteiger partial charge in [-0.25, -0.2) is 0 Å². The van der Waals surface area contributed by atoms with E-state index in [1.165, 1.54) is 18.2 Å². The predicted octanol–water partition coefficient (Wildman–Crippen LogP) is 5.31. The molecule has 2 aromatic rings. The molecule has 0 aliphatic heterocycles. The summed E-state index contributed by atoms with van der Waals surface area (Å²) in [7, 11) is 0. The summed E-state index contributed by atoms with van der Waals surface area (Å²) in [5, 5.41) is 3.74. The topological polar surface area (TPSA) is 38.3 Å². The van der Waals surface area contributed by atoms with Crippen molar-refractivity contribution < 1.29 is 22.7 Å². The number of rotatable bonds is 6. The Morgan fingerprint density at radius 2 is 1.84 bits per heavy atom. The van der Waals surface area contributed by atoms with Gasteiger partial charge >= 0.3 is 6.36 Å². The molecule has 25 heavy (non-hydrogen) atoms. The number of ether oxygens (including phenoxy) is 1. The predicted molar refractivity (Wildman–Crippen MR) is 89.0 cm³/mol. The van der Waals surface area contributed by atoms with Crippen LogP contribution in [0.4, 0.5) is 18.9 Å². The van der Waals surface area contributed by atoms with Crippen LogP contribution in [-0.4, -0.2) is 18.2 Å². The average Bonchev–Trinajstić information content (AvgIpc) is 3.37. The number of hydrogen-bond acceptors (Lipinski definition) is 3. The molecule has 1 N–H and O–H groups in total. The molecule has 0 saturated heterocycles. The maximum Gasteiger partial charge on any atom is 0.573 e. The third-order valence-corrected chi connectivity index (χ3v) is 4.15. The summed E-state index contributed by atoms with van der Waals surface area (Å²) in [5.74, 6) is -0.500. The van der Waals surface area contributed by atoms with Crippen molar-refractivity contribution in [2.45, 2.75) is 25.2 Å². The molecule has 1 fully saturated rings. The fraction of sp³-hybridized carbons (Fsp3) is 0.278. The summed E-state index contributed by atoms with van der Waals surface area (Å²) >= 11 is 5.85. The zero-order chi connectivity index (χ0) is 18.0. The molecule has 0 spiro atoms. The van der Waals surface area contributed by atoms with Gasteiger partial charge in [-0.3, -0.25) is 4.79 Å². The molecular formula is C18H15ClF3NO2. The van der Waals surface area contributed by atoms with Gasteiger partial charge in [0.2, 0.25) is 0 Å². The smallest absolute Gasteiger partial charge is 0.406 e. The molecule has 0 aromatic heterocycles. The Balaban J connectivity index is 1.79. The lowest BCUT2D eigenvalue weighted by Gasteiger charge is -2.19. The van der Waals surface area contributed by atoms with E-state index in [-0.39, 0.29) is 17.3 Å². The highest BCUT2D eigenvalue weighted by Gasteiger charge is 2.37. The van der Waals surface area contributed by atoms with Crippen LogP contribution in [0.5, 0.6) is 5.75 Å². The molecule has 1 unspecified atom stereocenters. The van der Waals surface area contributed by atoms with Gasteiger partial charge in [-0.1, -0.05) is 23.7 Å². The quantitative estimate of drug-likeness (QED) is 0.701. The van der Waals surface area contributed by atoms with E-state index in [9.17, 15) is 18.0 Å². The minimum Gasteiger partial charge on any atom is -0.406 e. The normalized spacial score (nSPS) is 15.5. The standard InChI is InChI=1S/C18H15ClF3NO2/c19-13-6-8-14(9-7-13)23-16(11-4-5-11)17(24)12-2-1-3-15(10-12)25-18(20,21)22/h1-3,6-11,16,23H,4-5H2. The summed E-state index contributed by atoms with van der Waals surface area (Å²) in [6.45, 7) is 0. The third-order valence-electron chi connectivity index (χ3n) is 3.89. The number of halogens is 4. The lowest BCUT2D eigenvalue weighted by atomic mass is 10.00. The van der Waals surface area contributed by atoms with Gasteiger partial charge in [0.25, 0.3) is 0 Å². The van der Waals surface area contributed by atoms with Gasteiger partial charge in [-0.15, -0.1) is 13.2 Å². The minimum absolute atomic E-state index is 0.162. The zero-order valence-corrected chi connectivity index (χ0v) is 13.8. The molecule has 0 bridgehead atoms. The second-order valence-electron chi connectivity index (χ2n) is 5.91. The lowest BCUT2D eigenvalue weighted by Crippen LogP contribution is -2.31. The lowest BCUT2D eigenvalue weighted by molar-refractivity contribution is -0.274. The number of Topliss-reactive ketones (excluding diaryl/α,β-unsaturated/α-hetero) is 1. The summed E-state index contributed by atoms with van der Waals surface area (Å²) < 4.78 is 41.0. The summed E-state index contributed by atoms with van der Waals surface area (Å²) in [4.78, 5) is 12.8. The van der Waals surface area contributed by atoms with Gasteiger partial charge in [-0.2, -0.15) is 0 Å². The van der Waals surface area contributed by atoms with Crippen LogP contribution < -0.4 is 10.1 Å². The number of alkyl halides is 3. The van der Waals surface area contributed by atoms with Crippen molar-refractivity contribution in [2.24, 2.45) is 5.92 Å². The Bertz CT molecular complexity index is 758. The molecule has 2 aromatic carbocycles. The van der Waals surface area contributed by atoms with Crippen LogP contribution in [0.25, 0.3) is 0 Å². The van der Waals surface area contributed by atoms with Gasteiger partial charge in [0.15, 0.2) is 5.78 Å². The highest BCUT2D eigenvalue weighted by molar-refractivity contribution is 6.30. The molecule has 3 nitrogen and oxygen atoms in total. The van der Waals surface area contributed by atoms with Crippen LogP contribution in [0.3, 0.4) is 0 Å². The first-order valence-electron chi connectivity index (χ1n) is 7.74. The van der Waals surface area contributed by atoms with E-state index in [2.05, 4.69) is 10.1 Å². The Hall–Kier alpha value is -2.21. The van der Waals surface area contributed by atoms with Crippen molar-refractivity contribution in [3.05, 3.63) is 59.1 Å². The number of benzene rings is 2. The first-order chi connectivity index (χ1) is 11.8. The molecule has 1 aliphatic carbocycles. The number of nitrogens with one attached hydrogen (secondary N) is 1. The maximum absolute atomic E-state index is 12.8. The van der Waals surface area contributed by atoms with Crippen LogP contribution >= 0.6 is 11.6 Å². The number of carbonyl (C=O) groups is 1. The van der Waals surface area contributed by atoms with Crippen LogP contribution in [0.2, 0.25) is 5.02 Å². The van der Waals surface area contributed by atoms with E-state index in [0.29, 0.717) is 5.02 Å². The molecule has 1 saturated carbocycles. The van der Waals surface area contributed by atoms with Crippen molar-refractivity contribution in [1.82, 2.24) is 0 Å². The Kier molecular flexibility index (Phi) is 4.90. The van der Waals surface area contributed by atoms with E-state index in [1.807, 2.05) is 0 Å².